The molecule has 1 fully saturated rings. The highest BCUT2D eigenvalue weighted by molar-refractivity contribution is 6.27. The number of rotatable bonds is 10. The molecule has 0 amide bonds. The van der Waals surface area contributed by atoms with E-state index >= 15 is 0 Å². The lowest BCUT2D eigenvalue weighted by Gasteiger charge is -2.33. The smallest absolute Gasteiger partial charge is 0.185 e. The summed E-state index contributed by atoms with van der Waals surface area (Å²) < 4.78 is 0. The summed E-state index contributed by atoms with van der Waals surface area (Å²) in [6.07, 6.45) is 0.618. The van der Waals surface area contributed by atoms with Crippen LogP contribution in [0.15, 0.2) is 0 Å². The first-order chi connectivity index (χ1) is 11.9. The molecule has 1 rings (SSSR count). The van der Waals surface area contributed by atoms with Crippen molar-refractivity contribution in [2.24, 2.45) is 29.6 Å². The third-order valence-electron chi connectivity index (χ3n) is 5.31. The van der Waals surface area contributed by atoms with Crippen LogP contribution in [0.5, 0.6) is 0 Å². The van der Waals surface area contributed by atoms with Gasteiger partial charge in [-0.05, 0) is 37.0 Å². The van der Waals surface area contributed by atoms with Crippen molar-refractivity contribution >= 4 is 17.3 Å². The van der Waals surface area contributed by atoms with Crippen LogP contribution < -0.4 is 0 Å². The Morgan fingerprint density at radius 3 is 1.96 bits per heavy atom. The molecule has 0 aromatic rings. The fraction of sp³-hybridized carbons (Fsp3) is 0.857. The molecule has 0 bridgehead atoms. The second-order valence-electron chi connectivity index (χ2n) is 9.10. The first-order valence-corrected chi connectivity index (χ1v) is 9.94. The maximum atomic E-state index is 13.0. The zero-order valence-electron chi connectivity index (χ0n) is 17.1. The normalized spacial score (nSPS) is 27.8. The summed E-state index contributed by atoms with van der Waals surface area (Å²) in [5.41, 5.74) is -2.14. The number of hydrogen-bond acceptors (Lipinski definition) is 5. The van der Waals surface area contributed by atoms with Gasteiger partial charge < -0.3 is 10.2 Å². The zero-order chi connectivity index (χ0) is 20.2. The minimum Gasteiger partial charge on any atom is -0.390 e. The van der Waals surface area contributed by atoms with E-state index in [0.29, 0.717) is 31.1 Å². The summed E-state index contributed by atoms with van der Waals surface area (Å²) in [5.74, 6) is -3.54. The van der Waals surface area contributed by atoms with Gasteiger partial charge in [-0.1, -0.05) is 48.0 Å². The quantitative estimate of drug-likeness (QED) is 0.579. The van der Waals surface area contributed by atoms with E-state index in [4.69, 9.17) is 0 Å². The lowest BCUT2D eigenvalue weighted by Crippen LogP contribution is -2.52. The van der Waals surface area contributed by atoms with Crippen molar-refractivity contribution in [1.82, 2.24) is 0 Å². The van der Waals surface area contributed by atoms with E-state index in [1.807, 2.05) is 41.5 Å². The first kappa shape index (κ1) is 23.0. The number of ketones is 3. The molecule has 0 aliphatic heterocycles. The van der Waals surface area contributed by atoms with Crippen LogP contribution in [0, 0.1) is 29.6 Å². The van der Waals surface area contributed by atoms with Crippen molar-refractivity contribution in [3.63, 3.8) is 0 Å². The van der Waals surface area contributed by atoms with Gasteiger partial charge in [-0.25, -0.2) is 0 Å². The van der Waals surface area contributed by atoms with Crippen molar-refractivity contribution in [3.05, 3.63) is 0 Å². The highest BCUT2D eigenvalue weighted by atomic mass is 16.4. The molecule has 150 valence electrons. The van der Waals surface area contributed by atoms with Crippen molar-refractivity contribution in [2.75, 3.05) is 0 Å². The molecular weight excluding hydrogens is 332 g/mol. The third kappa shape index (κ3) is 5.01. The Hall–Kier alpha value is -1.07. The molecule has 1 saturated carbocycles. The predicted molar refractivity (Wildman–Crippen MR) is 101 cm³/mol. The highest BCUT2D eigenvalue weighted by Crippen LogP contribution is 2.42. The van der Waals surface area contributed by atoms with E-state index in [0.717, 1.165) is 0 Å². The minimum absolute atomic E-state index is 0.0248. The maximum Gasteiger partial charge on any atom is 0.185 e. The number of carbonyl (C=O) groups excluding carboxylic acids is 3. The molecule has 4 atom stereocenters. The standard InChI is InChI=1S/C21H36O5/c1-12(2)7-9-15-19(24)18(16(22)11-14(5)6)20(25)21(15,26)17(23)10-8-13(3)4/h12-15,17-18,23,26H,7-11H2,1-6H3/t15-,17+,18?,21-/m1/s1. The fourth-order valence-electron chi connectivity index (χ4n) is 3.75. The Balaban J connectivity index is 3.17. The fourth-order valence-corrected chi connectivity index (χ4v) is 3.75. The molecule has 0 heterocycles. The molecule has 0 spiro atoms. The summed E-state index contributed by atoms with van der Waals surface area (Å²) in [7, 11) is 0. The van der Waals surface area contributed by atoms with Crippen LogP contribution in [0.2, 0.25) is 0 Å². The van der Waals surface area contributed by atoms with Crippen LogP contribution in [0.4, 0.5) is 0 Å². The molecule has 5 heteroatoms. The van der Waals surface area contributed by atoms with E-state index in [2.05, 4.69) is 0 Å². The Morgan fingerprint density at radius 2 is 1.50 bits per heavy atom. The van der Waals surface area contributed by atoms with E-state index in [1.165, 1.54) is 0 Å². The predicted octanol–water partition coefficient (Wildman–Crippen LogP) is 2.95. The maximum absolute atomic E-state index is 13.0. The zero-order valence-corrected chi connectivity index (χ0v) is 17.1. The Labute approximate surface area is 157 Å². The van der Waals surface area contributed by atoms with Gasteiger partial charge in [0.1, 0.15) is 5.92 Å². The van der Waals surface area contributed by atoms with Gasteiger partial charge in [-0.2, -0.15) is 0 Å². The average Bonchev–Trinajstić information content (AvgIpc) is 2.69. The van der Waals surface area contributed by atoms with Gasteiger partial charge in [-0.3, -0.25) is 14.4 Å². The summed E-state index contributed by atoms with van der Waals surface area (Å²) in [6, 6.07) is 0. The van der Waals surface area contributed by atoms with Gasteiger partial charge in [0, 0.05) is 6.42 Å². The van der Waals surface area contributed by atoms with Gasteiger partial charge in [-0.15, -0.1) is 0 Å². The lowest BCUT2D eigenvalue weighted by atomic mass is 9.78. The third-order valence-corrected chi connectivity index (χ3v) is 5.31. The SMILES string of the molecule is CC(C)CC[C@@H]1C(=O)C(C(=O)CC(C)C)C(=O)[C@]1(O)[C@@H](O)CCC(C)C. The molecule has 0 saturated heterocycles. The van der Waals surface area contributed by atoms with Crippen molar-refractivity contribution in [3.8, 4) is 0 Å². The van der Waals surface area contributed by atoms with E-state index in [1.54, 1.807) is 0 Å². The van der Waals surface area contributed by atoms with Crippen molar-refractivity contribution < 1.29 is 24.6 Å². The lowest BCUT2D eigenvalue weighted by molar-refractivity contribution is -0.157. The topological polar surface area (TPSA) is 91.7 Å². The Kier molecular flexibility index (Phi) is 8.15. The second-order valence-corrected chi connectivity index (χ2v) is 9.10. The monoisotopic (exact) mass is 368 g/mol. The van der Waals surface area contributed by atoms with Crippen molar-refractivity contribution in [1.29, 1.82) is 0 Å². The molecule has 1 unspecified atom stereocenters. The van der Waals surface area contributed by atoms with Gasteiger partial charge in [0.05, 0.1) is 12.0 Å². The summed E-state index contributed by atoms with van der Waals surface area (Å²) >= 11 is 0. The second kappa shape index (κ2) is 9.23. The largest absolute Gasteiger partial charge is 0.390 e. The van der Waals surface area contributed by atoms with Crippen LogP contribution >= 0.6 is 0 Å². The number of hydrogen-bond donors (Lipinski definition) is 2. The average molecular weight is 369 g/mol. The summed E-state index contributed by atoms with van der Waals surface area (Å²) in [4.78, 5) is 38.3. The van der Waals surface area contributed by atoms with Gasteiger partial charge in [0.2, 0.25) is 0 Å². The van der Waals surface area contributed by atoms with Crippen LogP contribution in [0.3, 0.4) is 0 Å². The van der Waals surface area contributed by atoms with Crippen LogP contribution in [0.1, 0.15) is 73.6 Å². The molecule has 5 nitrogen and oxygen atoms in total. The highest BCUT2D eigenvalue weighted by Gasteiger charge is 2.63. The van der Waals surface area contributed by atoms with Crippen molar-refractivity contribution in [2.45, 2.75) is 85.4 Å². The summed E-state index contributed by atoms with van der Waals surface area (Å²) in [6.45, 7) is 11.7. The van der Waals surface area contributed by atoms with Crippen LogP contribution in [-0.4, -0.2) is 39.3 Å². The van der Waals surface area contributed by atoms with E-state index in [-0.39, 0.29) is 18.8 Å². The number of carbonyl (C=O) groups is 3. The van der Waals surface area contributed by atoms with Crippen LogP contribution in [0.25, 0.3) is 0 Å². The first-order valence-electron chi connectivity index (χ1n) is 9.94. The molecule has 0 radical (unpaired) electrons. The number of aliphatic hydroxyl groups excluding tert-OH is 1. The minimum atomic E-state index is -2.14. The Bertz CT molecular complexity index is 522. The van der Waals surface area contributed by atoms with E-state index in [9.17, 15) is 24.6 Å². The van der Waals surface area contributed by atoms with Gasteiger partial charge >= 0.3 is 0 Å². The summed E-state index contributed by atoms with van der Waals surface area (Å²) in [5, 5.41) is 21.8. The Morgan fingerprint density at radius 1 is 0.962 bits per heavy atom. The van der Waals surface area contributed by atoms with E-state index < -0.39 is 40.9 Å². The van der Waals surface area contributed by atoms with Gasteiger partial charge in [0.15, 0.2) is 23.0 Å². The molecule has 26 heavy (non-hydrogen) atoms. The molecule has 0 aromatic carbocycles. The number of Topliss-reactive ketones (excluding diaryl/α,β-unsaturated/α-hetero) is 3. The molecule has 1 aliphatic carbocycles. The molecule has 0 aromatic heterocycles. The molecular formula is C21H36O5. The number of aliphatic hydroxyl groups is 2. The molecule has 2 N–H and O–H groups in total. The molecule has 1 aliphatic rings. The van der Waals surface area contributed by atoms with Crippen LogP contribution in [-0.2, 0) is 14.4 Å². The van der Waals surface area contributed by atoms with Gasteiger partial charge in [0.25, 0.3) is 0 Å².